The molecule has 1 aromatic heterocycles. The van der Waals surface area contributed by atoms with E-state index >= 15 is 0 Å². The summed E-state index contributed by atoms with van der Waals surface area (Å²) in [6, 6.07) is 11.8. The van der Waals surface area contributed by atoms with Crippen LogP contribution < -0.4 is 21.5 Å². The fourth-order valence-corrected chi connectivity index (χ4v) is 6.43. The summed E-state index contributed by atoms with van der Waals surface area (Å²) in [7, 11) is -3.64. The highest BCUT2D eigenvalue weighted by Crippen LogP contribution is 2.33. The zero-order chi connectivity index (χ0) is 28.9. The predicted molar refractivity (Wildman–Crippen MR) is 155 cm³/mol. The number of fused-ring (bicyclic) bond motifs is 13. The van der Waals surface area contributed by atoms with Crippen LogP contribution in [0.1, 0.15) is 56.1 Å². The topological polar surface area (TPSA) is 160 Å². The Morgan fingerprint density at radius 2 is 1.82 bits per heavy atom. The number of carbonyl (C=O) groups excluding carboxylic acids is 1. The molecule has 0 aliphatic carbocycles. The highest BCUT2D eigenvalue weighted by Gasteiger charge is 2.37. The van der Waals surface area contributed by atoms with Crippen LogP contribution in [-0.2, 0) is 21.1 Å². The monoisotopic (exact) mass is 567 g/mol. The summed E-state index contributed by atoms with van der Waals surface area (Å²) in [5.74, 6) is -0.0549. The van der Waals surface area contributed by atoms with Crippen LogP contribution in [0.2, 0.25) is 0 Å². The van der Waals surface area contributed by atoms with E-state index in [9.17, 15) is 13.2 Å². The van der Waals surface area contributed by atoms with Crippen LogP contribution in [0.15, 0.2) is 53.6 Å². The van der Waals surface area contributed by atoms with E-state index < -0.39 is 20.5 Å². The molecule has 214 valence electrons. The van der Waals surface area contributed by atoms with E-state index in [0.717, 1.165) is 18.4 Å². The van der Waals surface area contributed by atoms with E-state index in [-0.39, 0.29) is 28.9 Å². The summed E-state index contributed by atoms with van der Waals surface area (Å²) in [6.45, 7) is 7.11. The van der Waals surface area contributed by atoms with Gasteiger partial charge in [0.05, 0.1) is 33.8 Å². The summed E-state index contributed by atoms with van der Waals surface area (Å²) in [5.41, 5.74) is 14.1. The zero-order valence-corrected chi connectivity index (χ0v) is 24.0. The largest absolute Gasteiger partial charge is 0.491 e. The van der Waals surface area contributed by atoms with Crippen molar-refractivity contribution in [2.75, 3.05) is 30.9 Å². The van der Waals surface area contributed by atoms with Crippen molar-refractivity contribution in [3.63, 3.8) is 0 Å². The van der Waals surface area contributed by atoms with Crippen molar-refractivity contribution in [3.8, 4) is 17.0 Å². The summed E-state index contributed by atoms with van der Waals surface area (Å²) >= 11 is 0. The number of hydrogen-bond donors (Lipinski definition) is 3. The second-order valence-electron chi connectivity index (χ2n) is 10.7. The Bertz CT molecular complexity index is 1460. The third kappa shape index (κ3) is 6.43. The first-order valence-electron chi connectivity index (χ1n) is 13.3. The number of nitrogen functional groups attached to an aromatic ring is 1. The predicted octanol–water partition coefficient (Wildman–Crippen LogP) is 4.20. The van der Waals surface area contributed by atoms with E-state index in [1.54, 1.807) is 50.2 Å². The molecule has 2 aliphatic rings. The molecule has 2 aliphatic heterocycles. The Kier molecular flexibility index (Phi) is 9.07. The van der Waals surface area contributed by atoms with Crippen LogP contribution in [0.4, 0.5) is 11.5 Å². The van der Waals surface area contributed by atoms with Crippen molar-refractivity contribution in [3.05, 3.63) is 59.9 Å². The third-order valence-electron chi connectivity index (χ3n) is 6.94. The molecule has 0 saturated heterocycles. The number of carbonyl (C=O) groups is 1. The average molecular weight is 568 g/mol. The lowest BCUT2D eigenvalue weighted by Gasteiger charge is -2.28. The van der Waals surface area contributed by atoms with Crippen molar-refractivity contribution in [1.82, 2.24) is 9.97 Å². The molecule has 0 spiro atoms. The number of amides is 1. The van der Waals surface area contributed by atoms with Crippen molar-refractivity contribution >= 4 is 27.2 Å². The number of anilines is 2. The first-order valence-corrected chi connectivity index (χ1v) is 14.8. The third-order valence-corrected chi connectivity index (χ3v) is 9.45. The molecular weight excluding hydrogens is 530 g/mol. The Hall–Kier alpha value is -3.54. The molecule has 5 rings (SSSR count). The summed E-state index contributed by atoms with van der Waals surface area (Å²) in [5, 5.41) is 2.83. The molecule has 10 nitrogen and oxygen atoms in total. The van der Waals surface area contributed by atoms with Gasteiger partial charge in [-0.15, -0.1) is 0 Å². The van der Waals surface area contributed by atoms with E-state index in [2.05, 4.69) is 15.3 Å². The lowest BCUT2D eigenvalue weighted by atomic mass is 9.99. The van der Waals surface area contributed by atoms with Gasteiger partial charge in [0.1, 0.15) is 5.75 Å². The quantitative estimate of drug-likeness (QED) is 0.391. The van der Waals surface area contributed by atoms with Gasteiger partial charge in [0, 0.05) is 30.9 Å². The fourth-order valence-electron chi connectivity index (χ4n) is 4.80. The van der Waals surface area contributed by atoms with Crippen LogP contribution >= 0.6 is 0 Å². The van der Waals surface area contributed by atoms with Gasteiger partial charge in [-0.1, -0.05) is 31.2 Å². The van der Waals surface area contributed by atoms with Gasteiger partial charge in [0.15, 0.2) is 21.3 Å². The normalized spacial score (nSPS) is 19.8. The minimum Gasteiger partial charge on any atom is -0.491 e. The average Bonchev–Trinajstić information content (AvgIpc) is 2.92. The molecule has 3 aromatic rings. The summed E-state index contributed by atoms with van der Waals surface area (Å²) in [4.78, 5) is 22.1. The smallest absolute Gasteiger partial charge is 0.278 e. The number of sulfone groups is 1. The molecule has 11 heteroatoms. The number of nitrogens with zero attached hydrogens (tertiary/aromatic N) is 2. The lowest BCUT2D eigenvalue weighted by Crippen LogP contribution is -2.34. The number of ether oxygens (including phenoxy) is 2. The highest BCUT2D eigenvalue weighted by molar-refractivity contribution is 7.92. The maximum absolute atomic E-state index is 13.5. The molecule has 2 aromatic carbocycles. The number of rotatable bonds is 1. The first kappa shape index (κ1) is 29.4. The van der Waals surface area contributed by atoms with Crippen molar-refractivity contribution in [2.24, 2.45) is 11.7 Å². The Labute approximate surface area is 235 Å². The SMILES string of the molecule is CC1COCCCCOc2c(CN)cccc2NC(=O)c2nc(cnc2N)-c2ccc(cc2)S(=O)(=O)C(C)(C)C1. The summed E-state index contributed by atoms with van der Waals surface area (Å²) < 4.78 is 37.9. The Balaban J connectivity index is 1.72. The van der Waals surface area contributed by atoms with Crippen LogP contribution in [-0.4, -0.2) is 48.9 Å². The summed E-state index contributed by atoms with van der Waals surface area (Å²) in [6.07, 6.45) is 3.37. The zero-order valence-electron chi connectivity index (χ0n) is 23.1. The van der Waals surface area contributed by atoms with Crippen LogP contribution in [0.25, 0.3) is 11.3 Å². The molecule has 1 atom stereocenters. The Morgan fingerprint density at radius 1 is 1.10 bits per heavy atom. The van der Waals surface area contributed by atoms with E-state index in [4.69, 9.17) is 20.9 Å². The molecule has 1 amide bonds. The molecule has 5 N–H and O–H groups in total. The molecule has 3 heterocycles. The van der Waals surface area contributed by atoms with Crippen molar-refractivity contribution in [1.29, 1.82) is 0 Å². The number of hydrogen-bond acceptors (Lipinski definition) is 9. The van der Waals surface area contributed by atoms with Gasteiger partial charge in [-0.2, -0.15) is 0 Å². The highest BCUT2D eigenvalue weighted by atomic mass is 32.2. The second-order valence-corrected chi connectivity index (χ2v) is 13.3. The maximum atomic E-state index is 13.5. The molecular formula is C29H37N5O5S. The van der Waals surface area contributed by atoms with Crippen LogP contribution in [0.5, 0.6) is 5.75 Å². The lowest BCUT2D eigenvalue weighted by molar-refractivity contribution is 0.0935. The van der Waals surface area contributed by atoms with Gasteiger partial charge in [-0.05, 0) is 57.2 Å². The Morgan fingerprint density at radius 3 is 2.55 bits per heavy atom. The van der Waals surface area contributed by atoms with Gasteiger partial charge in [0.2, 0.25) is 0 Å². The minimum atomic E-state index is -3.64. The molecule has 0 saturated carbocycles. The van der Waals surface area contributed by atoms with Gasteiger partial charge in [-0.3, -0.25) is 4.79 Å². The van der Waals surface area contributed by atoms with Gasteiger partial charge in [-0.25, -0.2) is 18.4 Å². The first-order chi connectivity index (χ1) is 19.0. The van der Waals surface area contributed by atoms with Gasteiger partial charge < -0.3 is 26.3 Å². The number of aromatic nitrogens is 2. The second kappa shape index (κ2) is 12.3. The van der Waals surface area contributed by atoms with E-state index in [1.807, 2.05) is 13.0 Å². The van der Waals surface area contributed by atoms with E-state index in [0.29, 0.717) is 48.9 Å². The number of benzene rings is 2. The van der Waals surface area contributed by atoms with Crippen molar-refractivity contribution in [2.45, 2.75) is 56.2 Å². The molecule has 0 radical (unpaired) electrons. The van der Waals surface area contributed by atoms with Crippen LogP contribution in [0.3, 0.4) is 0 Å². The molecule has 0 fully saturated rings. The van der Waals surface area contributed by atoms with Crippen molar-refractivity contribution < 1.29 is 22.7 Å². The molecule has 1 unspecified atom stereocenters. The van der Waals surface area contributed by atoms with Crippen LogP contribution in [0, 0.1) is 5.92 Å². The van der Waals surface area contributed by atoms with E-state index in [1.165, 1.54) is 6.20 Å². The minimum absolute atomic E-state index is 0.0387. The number of nitrogens with one attached hydrogen (secondary N) is 1. The number of para-hydroxylation sites is 1. The van der Waals surface area contributed by atoms with Gasteiger partial charge in [0.25, 0.3) is 5.91 Å². The molecule has 4 bridgehead atoms. The fraction of sp³-hybridized carbons (Fsp3) is 0.414. The number of nitrogens with two attached hydrogens (primary N) is 2. The maximum Gasteiger partial charge on any atom is 0.278 e. The van der Waals surface area contributed by atoms with Gasteiger partial charge >= 0.3 is 0 Å². The molecule has 40 heavy (non-hydrogen) atoms. The standard InChI is InChI=1S/C29H37N5O5S/c1-19-15-29(2,3)40(36,37)22-11-9-20(10-12-22)24-17-32-27(31)25(33-24)28(35)34-23-8-6-7-21(16-30)26(23)39-14-5-4-13-38-18-19/h6-12,17,19H,4-5,13-16,18,30H2,1-3H3,(H2,31,32)(H,34,35).